The molecule has 94 valence electrons. The van der Waals surface area contributed by atoms with Crippen molar-refractivity contribution in [3.8, 4) is 0 Å². The van der Waals surface area contributed by atoms with Gasteiger partial charge in [0, 0.05) is 30.5 Å². The van der Waals surface area contributed by atoms with Crippen LogP contribution in [0.4, 0.5) is 15.9 Å². The van der Waals surface area contributed by atoms with Gasteiger partial charge in [0.2, 0.25) is 0 Å². The molecule has 1 aromatic heterocycles. The molecule has 0 unspecified atom stereocenters. The Balaban J connectivity index is 2.20. The molecule has 4 nitrogen and oxygen atoms in total. The van der Waals surface area contributed by atoms with Crippen LogP contribution in [0.3, 0.4) is 0 Å². The largest absolute Gasteiger partial charge is 0.396 e. The predicted octanol–water partition coefficient (Wildman–Crippen LogP) is 2.20. The van der Waals surface area contributed by atoms with Crippen LogP contribution in [0, 0.1) is 12.7 Å². The van der Waals surface area contributed by atoms with Crippen LogP contribution in [0.1, 0.15) is 11.5 Å². The average Bonchev–Trinajstić information content (AvgIpc) is 2.32. The summed E-state index contributed by atoms with van der Waals surface area (Å²) >= 11 is 0. The summed E-state index contributed by atoms with van der Waals surface area (Å²) in [6, 6.07) is 7.81. The van der Waals surface area contributed by atoms with Crippen molar-refractivity contribution in [2.24, 2.45) is 0 Å². The molecule has 0 aliphatic carbocycles. The molecular formula is C13H14FN3O. The number of halogens is 1. The normalized spacial score (nSPS) is 10.4. The van der Waals surface area contributed by atoms with Gasteiger partial charge in [-0.15, -0.1) is 0 Å². The second-order valence-electron chi connectivity index (χ2n) is 3.90. The van der Waals surface area contributed by atoms with Gasteiger partial charge < -0.3 is 10.4 Å². The van der Waals surface area contributed by atoms with Crippen LogP contribution in [-0.4, -0.2) is 21.7 Å². The maximum atomic E-state index is 12.8. The van der Waals surface area contributed by atoms with Crippen LogP contribution < -0.4 is 5.32 Å². The summed E-state index contributed by atoms with van der Waals surface area (Å²) in [7, 11) is 0. The summed E-state index contributed by atoms with van der Waals surface area (Å²) in [5.41, 5.74) is 1.53. The smallest absolute Gasteiger partial charge is 0.134 e. The van der Waals surface area contributed by atoms with Crippen molar-refractivity contribution in [1.29, 1.82) is 0 Å². The second-order valence-corrected chi connectivity index (χ2v) is 3.90. The number of hydrogen-bond acceptors (Lipinski definition) is 4. The number of rotatable bonds is 4. The van der Waals surface area contributed by atoms with E-state index in [1.807, 2.05) is 0 Å². The molecule has 18 heavy (non-hydrogen) atoms. The van der Waals surface area contributed by atoms with Gasteiger partial charge in [0.1, 0.15) is 17.5 Å². The van der Waals surface area contributed by atoms with Gasteiger partial charge in [-0.3, -0.25) is 0 Å². The number of aryl methyl sites for hydroxylation is 1. The lowest BCUT2D eigenvalue weighted by Crippen LogP contribution is -2.02. The molecule has 0 atom stereocenters. The van der Waals surface area contributed by atoms with E-state index in [0.717, 1.165) is 11.4 Å². The first kappa shape index (κ1) is 12.4. The van der Waals surface area contributed by atoms with E-state index in [1.165, 1.54) is 12.1 Å². The molecule has 1 aromatic carbocycles. The Morgan fingerprint density at radius 1 is 1.22 bits per heavy atom. The van der Waals surface area contributed by atoms with Gasteiger partial charge in [-0.25, -0.2) is 14.4 Å². The monoisotopic (exact) mass is 247 g/mol. The lowest BCUT2D eigenvalue weighted by atomic mass is 10.3. The van der Waals surface area contributed by atoms with Gasteiger partial charge in [-0.1, -0.05) is 0 Å². The minimum atomic E-state index is -0.277. The molecule has 0 bridgehead atoms. The van der Waals surface area contributed by atoms with Gasteiger partial charge in [-0.2, -0.15) is 0 Å². The molecular weight excluding hydrogens is 233 g/mol. The molecule has 0 fully saturated rings. The number of hydrogen-bond donors (Lipinski definition) is 2. The Kier molecular flexibility index (Phi) is 3.84. The lowest BCUT2D eigenvalue weighted by Gasteiger charge is -2.08. The summed E-state index contributed by atoms with van der Waals surface area (Å²) in [5.74, 6) is 0.989. The van der Waals surface area contributed by atoms with Gasteiger partial charge >= 0.3 is 0 Å². The number of aliphatic hydroxyl groups is 1. The first-order chi connectivity index (χ1) is 8.67. The Morgan fingerprint density at radius 3 is 2.61 bits per heavy atom. The topological polar surface area (TPSA) is 58.0 Å². The molecule has 2 aromatic rings. The summed E-state index contributed by atoms with van der Waals surface area (Å²) in [6.45, 7) is 1.84. The molecule has 0 aliphatic heterocycles. The fraction of sp³-hybridized carbons (Fsp3) is 0.231. The van der Waals surface area contributed by atoms with Crippen LogP contribution in [0.25, 0.3) is 0 Å². The summed E-state index contributed by atoms with van der Waals surface area (Å²) < 4.78 is 12.8. The Labute approximate surface area is 105 Å². The van der Waals surface area contributed by atoms with Crippen LogP contribution >= 0.6 is 0 Å². The molecule has 2 rings (SSSR count). The summed E-state index contributed by atoms with van der Waals surface area (Å²) in [4.78, 5) is 8.44. The Morgan fingerprint density at radius 2 is 1.94 bits per heavy atom. The van der Waals surface area contributed by atoms with E-state index in [4.69, 9.17) is 5.11 Å². The van der Waals surface area contributed by atoms with Crippen LogP contribution in [0.2, 0.25) is 0 Å². The van der Waals surface area contributed by atoms with Crippen molar-refractivity contribution in [3.05, 3.63) is 47.7 Å². The maximum absolute atomic E-state index is 12.8. The average molecular weight is 247 g/mol. The van der Waals surface area contributed by atoms with Crippen molar-refractivity contribution >= 4 is 11.5 Å². The van der Waals surface area contributed by atoms with Crippen LogP contribution in [-0.2, 0) is 6.42 Å². The zero-order chi connectivity index (χ0) is 13.0. The highest BCUT2D eigenvalue weighted by Crippen LogP contribution is 2.16. The van der Waals surface area contributed by atoms with Crippen molar-refractivity contribution in [2.75, 3.05) is 11.9 Å². The fourth-order valence-electron chi connectivity index (χ4n) is 1.62. The number of aromatic nitrogens is 2. The van der Waals surface area contributed by atoms with E-state index in [2.05, 4.69) is 15.3 Å². The highest BCUT2D eigenvalue weighted by molar-refractivity contribution is 5.56. The first-order valence-corrected chi connectivity index (χ1v) is 5.65. The molecule has 0 saturated heterocycles. The second kappa shape index (κ2) is 5.55. The molecule has 0 radical (unpaired) electrons. The molecule has 1 heterocycles. The van der Waals surface area contributed by atoms with E-state index in [-0.39, 0.29) is 12.4 Å². The van der Waals surface area contributed by atoms with Crippen LogP contribution in [0.5, 0.6) is 0 Å². The standard InChI is InChI=1S/C13H14FN3O/c1-9-15-12(6-7-18)8-13(16-9)17-11-4-2-10(14)3-5-11/h2-5,8,18H,6-7H2,1H3,(H,15,16,17). The lowest BCUT2D eigenvalue weighted by molar-refractivity contribution is 0.298. The van der Waals surface area contributed by atoms with Gasteiger partial charge in [0.05, 0.1) is 0 Å². The van der Waals surface area contributed by atoms with Crippen molar-refractivity contribution in [1.82, 2.24) is 9.97 Å². The van der Waals surface area contributed by atoms with Gasteiger partial charge in [0.15, 0.2) is 0 Å². The third kappa shape index (κ3) is 3.24. The van der Waals surface area contributed by atoms with E-state index in [0.29, 0.717) is 18.1 Å². The van der Waals surface area contributed by atoms with Crippen LogP contribution in [0.15, 0.2) is 30.3 Å². The van der Waals surface area contributed by atoms with E-state index < -0.39 is 0 Å². The Hall–Kier alpha value is -2.01. The molecule has 5 heteroatoms. The zero-order valence-corrected chi connectivity index (χ0v) is 10.0. The third-order valence-corrected chi connectivity index (χ3v) is 2.38. The number of nitrogens with zero attached hydrogens (tertiary/aromatic N) is 2. The van der Waals surface area contributed by atoms with E-state index in [9.17, 15) is 4.39 Å². The molecule has 2 N–H and O–H groups in total. The fourth-order valence-corrected chi connectivity index (χ4v) is 1.62. The molecule has 0 aliphatic rings. The molecule has 0 amide bonds. The summed E-state index contributed by atoms with van der Waals surface area (Å²) in [6.07, 6.45) is 0.488. The van der Waals surface area contributed by atoms with Gasteiger partial charge in [0.25, 0.3) is 0 Å². The molecule has 0 saturated carbocycles. The summed E-state index contributed by atoms with van der Waals surface area (Å²) in [5, 5.41) is 12.0. The number of nitrogens with one attached hydrogen (secondary N) is 1. The predicted molar refractivity (Wildman–Crippen MR) is 67.2 cm³/mol. The quantitative estimate of drug-likeness (QED) is 0.869. The van der Waals surface area contributed by atoms with Crippen molar-refractivity contribution < 1.29 is 9.50 Å². The number of anilines is 2. The Bertz CT molecular complexity index is 528. The molecule has 0 spiro atoms. The van der Waals surface area contributed by atoms with E-state index in [1.54, 1.807) is 25.1 Å². The SMILES string of the molecule is Cc1nc(CCO)cc(Nc2ccc(F)cc2)n1. The minimum absolute atomic E-state index is 0.0481. The maximum Gasteiger partial charge on any atom is 0.134 e. The highest BCUT2D eigenvalue weighted by Gasteiger charge is 2.02. The van der Waals surface area contributed by atoms with E-state index >= 15 is 0 Å². The number of benzene rings is 1. The van der Waals surface area contributed by atoms with Crippen molar-refractivity contribution in [2.45, 2.75) is 13.3 Å². The van der Waals surface area contributed by atoms with Gasteiger partial charge in [-0.05, 0) is 31.2 Å². The highest BCUT2D eigenvalue weighted by atomic mass is 19.1. The number of aliphatic hydroxyl groups excluding tert-OH is 1. The van der Waals surface area contributed by atoms with Crippen molar-refractivity contribution in [3.63, 3.8) is 0 Å². The third-order valence-electron chi connectivity index (χ3n) is 2.38. The zero-order valence-electron chi connectivity index (χ0n) is 10.0. The minimum Gasteiger partial charge on any atom is -0.396 e. The first-order valence-electron chi connectivity index (χ1n) is 5.65.